The Balaban J connectivity index is 0.000000228. The number of nitrogens with two attached hydrogens (primary N) is 2. The number of hydrogen-bond donors (Lipinski definition) is 2. The van der Waals surface area contributed by atoms with Gasteiger partial charge in [0.25, 0.3) is 0 Å². The molecule has 0 bridgehead atoms. The van der Waals surface area contributed by atoms with Gasteiger partial charge in [0.1, 0.15) is 11.4 Å². The molecule has 2 atom stereocenters. The average Bonchev–Trinajstić information content (AvgIpc) is 3.28. The van der Waals surface area contributed by atoms with Crippen LogP contribution in [-0.2, 0) is 12.8 Å². The Bertz CT molecular complexity index is 2410. The number of methoxy groups -OCH3 is 6. The van der Waals surface area contributed by atoms with Crippen LogP contribution in [0, 0.1) is 0 Å². The molecule has 0 radical (unpaired) electrons. The highest BCUT2D eigenvalue weighted by atomic mass is 16.5. The molecule has 2 unspecified atom stereocenters. The first-order valence-electron chi connectivity index (χ1n) is 19.0. The topological polar surface area (TPSA) is 193 Å². The molecule has 6 aromatic rings. The van der Waals surface area contributed by atoms with Gasteiger partial charge in [-0.3, -0.25) is 9.59 Å². The summed E-state index contributed by atoms with van der Waals surface area (Å²) in [6.45, 7) is 4.14. The first kappa shape index (κ1) is 43.9. The van der Waals surface area contributed by atoms with Crippen LogP contribution in [0.25, 0.3) is 0 Å². The van der Waals surface area contributed by atoms with Crippen molar-refractivity contribution in [2.75, 3.05) is 54.1 Å². The summed E-state index contributed by atoms with van der Waals surface area (Å²) in [5, 5.41) is 0. The fraction of sp³-hybridized carbons (Fsp3) is 0.261. The van der Waals surface area contributed by atoms with Gasteiger partial charge in [0.05, 0.1) is 48.2 Å². The summed E-state index contributed by atoms with van der Waals surface area (Å²) in [5.74, 6) is 1.76. The number of anilines is 2. The highest BCUT2D eigenvalue weighted by Gasteiger charge is 2.26. The molecule has 0 spiro atoms. The minimum absolute atomic E-state index is 0.0176. The quantitative estimate of drug-likeness (QED) is 0.0923. The van der Waals surface area contributed by atoms with Gasteiger partial charge in [-0.2, -0.15) is 9.97 Å². The highest BCUT2D eigenvalue weighted by molar-refractivity contribution is 6.13. The van der Waals surface area contributed by atoms with Gasteiger partial charge in [-0.1, -0.05) is 74.5 Å². The molecule has 0 amide bonds. The average molecular weight is 815 g/mol. The van der Waals surface area contributed by atoms with Crippen molar-refractivity contribution in [2.24, 2.45) is 0 Å². The molecule has 14 nitrogen and oxygen atoms in total. The second-order valence-electron chi connectivity index (χ2n) is 13.7. The van der Waals surface area contributed by atoms with Crippen molar-refractivity contribution in [2.45, 2.75) is 38.5 Å². The molecule has 0 aliphatic rings. The third-order valence-electron chi connectivity index (χ3n) is 9.87. The Morgan fingerprint density at radius 2 is 0.967 bits per heavy atom. The number of ether oxygens (including phenoxy) is 6. The largest absolute Gasteiger partial charge is 0.493 e. The van der Waals surface area contributed by atoms with E-state index in [0.717, 1.165) is 24.0 Å². The molecule has 0 saturated carbocycles. The summed E-state index contributed by atoms with van der Waals surface area (Å²) in [6.07, 6.45) is 4.27. The summed E-state index contributed by atoms with van der Waals surface area (Å²) < 4.78 is 32.2. The molecular weight excluding hydrogens is 765 g/mol. The normalized spacial score (nSPS) is 11.6. The molecule has 312 valence electrons. The number of hydrogen-bond acceptors (Lipinski definition) is 14. The predicted octanol–water partition coefficient (Wildman–Crippen LogP) is 7.32. The zero-order chi connectivity index (χ0) is 43.3. The zero-order valence-corrected chi connectivity index (χ0v) is 35.0. The van der Waals surface area contributed by atoms with E-state index in [4.69, 9.17) is 39.9 Å². The summed E-state index contributed by atoms with van der Waals surface area (Å²) >= 11 is 0. The number of nitrogens with zero attached hydrogens (tertiary/aromatic N) is 4. The van der Waals surface area contributed by atoms with E-state index in [9.17, 15) is 9.59 Å². The predicted molar refractivity (Wildman–Crippen MR) is 229 cm³/mol. The molecule has 2 aromatic heterocycles. The molecule has 0 aliphatic carbocycles. The van der Waals surface area contributed by atoms with Gasteiger partial charge in [-0.15, -0.1) is 0 Å². The monoisotopic (exact) mass is 814 g/mol. The fourth-order valence-electron chi connectivity index (χ4n) is 6.79. The maximum atomic E-state index is 13.6. The first-order valence-corrected chi connectivity index (χ1v) is 19.0. The Morgan fingerprint density at radius 1 is 0.533 bits per heavy atom. The molecule has 2 heterocycles. The van der Waals surface area contributed by atoms with E-state index in [1.54, 1.807) is 26.4 Å². The molecule has 0 aliphatic heterocycles. The Labute approximate surface area is 349 Å². The summed E-state index contributed by atoms with van der Waals surface area (Å²) in [7, 11) is 9.11. The molecular formula is C46H50N6O8. The van der Waals surface area contributed by atoms with Crippen molar-refractivity contribution < 1.29 is 38.0 Å². The van der Waals surface area contributed by atoms with Crippen molar-refractivity contribution in [3.8, 4) is 34.9 Å². The lowest BCUT2D eigenvalue weighted by Gasteiger charge is -2.20. The highest BCUT2D eigenvalue weighted by Crippen LogP contribution is 2.38. The smallest absolute Gasteiger partial charge is 0.319 e. The fourth-order valence-corrected chi connectivity index (χ4v) is 6.79. The Morgan fingerprint density at radius 3 is 1.38 bits per heavy atom. The lowest BCUT2D eigenvalue weighted by Crippen LogP contribution is -2.14. The van der Waals surface area contributed by atoms with Crippen LogP contribution in [0.5, 0.6) is 34.9 Å². The van der Waals surface area contributed by atoms with Gasteiger partial charge >= 0.3 is 6.01 Å². The van der Waals surface area contributed by atoms with Crippen molar-refractivity contribution >= 4 is 23.3 Å². The number of carbonyl (C=O) groups is 2. The molecule has 6 rings (SSSR count). The van der Waals surface area contributed by atoms with Crippen molar-refractivity contribution in [3.05, 3.63) is 142 Å². The van der Waals surface area contributed by atoms with Gasteiger partial charge in [0, 0.05) is 23.5 Å². The van der Waals surface area contributed by atoms with Crippen molar-refractivity contribution in [1.82, 2.24) is 19.9 Å². The van der Waals surface area contributed by atoms with Gasteiger partial charge in [-0.05, 0) is 71.2 Å². The lowest BCUT2D eigenvalue weighted by molar-refractivity contribution is 0.102. The second-order valence-corrected chi connectivity index (χ2v) is 13.7. The van der Waals surface area contributed by atoms with E-state index >= 15 is 0 Å². The standard InChI is InChI=1S/C24H26N2O5.C22H24N4O3/c1-15(11-16-9-7-6-8-10-16)17-12-20(28-2)21(29-3)13-18(17)22(27)19-14-25-24(31-5)26-23(19)30-4;1-13(9-14-7-5-4-6-8-14)15-10-18(28-2)19(29-3)11-16(15)20(27)17-12-25-22(24)26-21(17)23/h6-10,12-15H,11H2,1-5H3;4-8,10-13H,9H2,1-3H3,(H4,23,24,25,26). The summed E-state index contributed by atoms with van der Waals surface area (Å²) in [4.78, 5) is 42.9. The van der Waals surface area contributed by atoms with Crippen LogP contribution >= 0.6 is 0 Å². The van der Waals surface area contributed by atoms with Gasteiger partial charge in [0.2, 0.25) is 11.8 Å². The van der Waals surface area contributed by atoms with Crippen LogP contribution in [0.4, 0.5) is 11.8 Å². The molecule has 0 fully saturated rings. The SMILES string of the molecule is COc1cc(C(=O)c2cnc(N)nc2N)c(C(C)Cc2ccccc2)cc1OC.COc1ncc(C(=O)c2cc(OC)c(OC)cc2C(C)Cc2ccccc2)c(OC)n1. The number of nitrogen functional groups attached to an aromatic ring is 2. The van der Waals surface area contributed by atoms with Crippen LogP contribution in [0.3, 0.4) is 0 Å². The van der Waals surface area contributed by atoms with E-state index < -0.39 is 0 Å². The molecule has 60 heavy (non-hydrogen) atoms. The maximum Gasteiger partial charge on any atom is 0.319 e. The number of ketones is 2. The number of benzene rings is 4. The number of rotatable bonds is 16. The number of carbonyl (C=O) groups excluding carboxylic acids is 2. The lowest BCUT2D eigenvalue weighted by atomic mass is 9.87. The zero-order valence-electron chi connectivity index (χ0n) is 35.0. The van der Waals surface area contributed by atoms with E-state index in [-0.39, 0.29) is 58.2 Å². The van der Waals surface area contributed by atoms with Gasteiger partial charge < -0.3 is 39.9 Å². The van der Waals surface area contributed by atoms with E-state index in [2.05, 4.69) is 58.0 Å². The van der Waals surface area contributed by atoms with Crippen LogP contribution in [0.15, 0.2) is 97.3 Å². The maximum absolute atomic E-state index is 13.6. The summed E-state index contributed by atoms with van der Waals surface area (Å²) in [5.41, 5.74) is 16.9. The third-order valence-corrected chi connectivity index (χ3v) is 9.87. The number of aromatic nitrogens is 4. The van der Waals surface area contributed by atoms with Crippen LogP contribution in [0.2, 0.25) is 0 Å². The Kier molecular flexibility index (Phi) is 15.0. The van der Waals surface area contributed by atoms with Crippen LogP contribution in [-0.4, -0.2) is 74.2 Å². The Hall–Kier alpha value is -7.22. The van der Waals surface area contributed by atoms with E-state index in [1.165, 1.54) is 52.0 Å². The molecule has 4 N–H and O–H groups in total. The first-order chi connectivity index (χ1) is 29.0. The summed E-state index contributed by atoms with van der Waals surface area (Å²) in [6, 6.07) is 27.4. The van der Waals surface area contributed by atoms with Gasteiger partial charge in [0.15, 0.2) is 34.6 Å². The van der Waals surface area contributed by atoms with Crippen LogP contribution < -0.4 is 39.9 Å². The molecule has 4 aromatic carbocycles. The van der Waals surface area contributed by atoms with Crippen molar-refractivity contribution in [1.29, 1.82) is 0 Å². The van der Waals surface area contributed by atoms with E-state index in [1.807, 2.05) is 48.5 Å². The van der Waals surface area contributed by atoms with Crippen molar-refractivity contribution in [3.63, 3.8) is 0 Å². The third kappa shape index (κ3) is 10.3. The second kappa shape index (κ2) is 20.5. The molecule has 14 heteroatoms. The van der Waals surface area contributed by atoms with Gasteiger partial charge in [-0.25, -0.2) is 9.97 Å². The molecule has 0 saturated heterocycles. The van der Waals surface area contributed by atoms with Crippen LogP contribution in [0.1, 0.15) is 79.8 Å². The minimum Gasteiger partial charge on any atom is -0.493 e. The van der Waals surface area contributed by atoms with E-state index in [0.29, 0.717) is 34.1 Å². The minimum atomic E-state index is -0.293.